The Morgan fingerprint density at radius 1 is 1.33 bits per heavy atom. The highest BCUT2D eigenvalue weighted by Crippen LogP contribution is 2.23. The summed E-state index contributed by atoms with van der Waals surface area (Å²) >= 11 is 1.30. The van der Waals surface area contributed by atoms with Crippen molar-refractivity contribution >= 4 is 22.4 Å². The molecule has 1 amide bonds. The number of benzene rings is 1. The third-order valence-electron chi connectivity index (χ3n) is 2.94. The number of para-hydroxylation sites is 1. The average Bonchev–Trinajstić information content (AvgIpc) is 2.88. The summed E-state index contributed by atoms with van der Waals surface area (Å²) < 4.78 is 9.76. The summed E-state index contributed by atoms with van der Waals surface area (Å²) in [6, 6.07) is 9.64. The molecule has 2 N–H and O–H groups in total. The SMILES string of the molecule is CNc1snc(C)c1C(=O)NCCCOc1ccccc1. The first-order chi connectivity index (χ1) is 10.2. The van der Waals surface area contributed by atoms with E-state index >= 15 is 0 Å². The summed E-state index contributed by atoms with van der Waals surface area (Å²) in [5.41, 5.74) is 1.38. The number of carbonyl (C=O) groups excluding carboxylic acids is 1. The molecule has 21 heavy (non-hydrogen) atoms. The predicted molar refractivity (Wildman–Crippen MR) is 85.3 cm³/mol. The van der Waals surface area contributed by atoms with Crippen molar-refractivity contribution in [3.63, 3.8) is 0 Å². The number of rotatable bonds is 7. The van der Waals surface area contributed by atoms with Gasteiger partial charge in [-0.15, -0.1) is 0 Å². The summed E-state index contributed by atoms with van der Waals surface area (Å²) in [5, 5.41) is 6.68. The van der Waals surface area contributed by atoms with Crippen molar-refractivity contribution in [1.29, 1.82) is 0 Å². The molecule has 0 radical (unpaired) electrons. The van der Waals surface area contributed by atoms with Crippen LogP contribution in [0.1, 0.15) is 22.5 Å². The van der Waals surface area contributed by atoms with Gasteiger partial charge in [0, 0.05) is 13.6 Å². The van der Waals surface area contributed by atoms with Gasteiger partial charge in [0.15, 0.2) is 0 Å². The van der Waals surface area contributed by atoms with E-state index in [1.54, 1.807) is 7.05 Å². The number of ether oxygens (including phenoxy) is 1. The first kappa shape index (κ1) is 15.3. The molecule has 0 aliphatic heterocycles. The second-order valence-corrected chi connectivity index (χ2v) is 5.27. The lowest BCUT2D eigenvalue weighted by Gasteiger charge is -2.08. The van der Waals surface area contributed by atoms with Crippen molar-refractivity contribution in [3.8, 4) is 5.75 Å². The van der Waals surface area contributed by atoms with Gasteiger partial charge in [-0.3, -0.25) is 4.79 Å². The molecule has 1 aromatic carbocycles. The fourth-order valence-corrected chi connectivity index (χ4v) is 2.62. The number of nitrogens with one attached hydrogen (secondary N) is 2. The molecule has 2 rings (SSSR count). The van der Waals surface area contributed by atoms with Gasteiger partial charge in [-0.05, 0) is 37.0 Å². The number of aryl methyl sites for hydroxylation is 1. The molecule has 0 aliphatic rings. The number of aromatic nitrogens is 1. The number of carbonyl (C=O) groups is 1. The van der Waals surface area contributed by atoms with E-state index in [9.17, 15) is 4.79 Å². The zero-order valence-corrected chi connectivity index (χ0v) is 13.0. The maximum atomic E-state index is 12.1. The third-order valence-corrected chi connectivity index (χ3v) is 3.89. The highest BCUT2D eigenvalue weighted by molar-refractivity contribution is 7.10. The Kier molecular flexibility index (Phi) is 5.57. The predicted octanol–water partition coefficient (Wildman–Crippen LogP) is 2.69. The summed E-state index contributed by atoms with van der Waals surface area (Å²) in [6.45, 7) is 2.99. The highest BCUT2D eigenvalue weighted by atomic mass is 32.1. The Bertz CT molecular complexity index is 584. The Hall–Kier alpha value is -2.08. The smallest absolute Gasteiger partial charge is 0.256 e. The fourth-order valence-electron chi connectivity index (χ4n) is 1.88. The van der Waals surface area contributed by atoms with Crippen LogP contribution in [-0.2, 0) is 0 Å². The fraction of sp³-hybridized carbons (Fsp3) is 0.333. The van der Waals surface area contributed by atoms with Crippen LogP contribution >= 0.6 is 11.5 Å². The van der Waals surface area contributed by atoms with Gasteiger partial charge < -0.3 is 15.4 Å². The van der Waals surface area contributed by atoms with Crippen LogP contribution in [0.4, 0.5) is 5.00 Å². The first-order valence-electron chi connectivity index (χ1n) is 6.82. The van der Waals surface area contributed by atoms with Gasteiger partial charge in [0.05, 0.1) is 17.9 Å². The van der Waals surface area contributed by atoms with Gasteiger partial charge in [0.2, 0.25) is 0 Å². The number of nitrogens with zero attached hydrogens (tertiary/aromatic N) is 1. The largest absolute Gasteiger partial charge is 0.494 e. The van der Waals surface area contributed by atoms with Gasteiger partial charge in [-0.25, -0.2) is 0 Å². The molecule has 6 heteroatoms. The minimum Gasteiger partial charge on any atom is -0.494 e. The quantitative estimate of drug-likeness (QED) is 0.772. The van der Waals surface area contributed by atoms with Crippen LogP contribution < -0.4 is 15.4 Å². The molecule has 0 spiro atoms. The van der Waals surface area contributed by atoms with Crippen molar-refractivity contribution in [2.24, 2.45) is 0 Å². The third kappa shape index (κ3) is 4.19. The van der Waals surface area contributed by atoms with Gasteiger partial charge in [0.1, 0.15) is 10.8 Å². The lowest BCUT2D eigenvalue weighted by Crippen LogP contribution is -2.26. The molecule has 0 saturated carbocycles. The van der Waals surface area contributed by atoms with Crippen molar-refractivity contribution in [2.45, 2.75) is 13.3 Å². The van der Waals surface area contributed by atoms with E-state index in [2.05, 4.69) is 15.0 Å². The Morgan fingerprint density at radius 3 is 2.81 bits per heavy atom. The topological polar surface area (TPSA) is 63.2 Å². The highest BCUT2D eigenvalue weighted by Gasteiger charge is 2.16. The van der Waals surface area contributed by atoms with Crippen LogP contribution in [0.25, 0.3) is 0 Å². The van der Waals surface area contributed by atoms with Gasteiger partial charge in [0.25, 0.3) is 5.91 Å². The van der Waals surface area contributed by atoms with Crippen LogP contribution in [0, 0.1) is 6.92 Å². The Balaban J connectivity index is 1.73. The van der Waals surface area contributed by atoms with Crippen molar-refractivity contribution in [2.75, 3.05) is 25.5 Å². The molecule has 0 atom stereocenters. The van der Waals surface area contributed by atoms with Crippen LogP contribution in [0.3, 0.4) is 0 Å². The monoisotopic (exact) mass is 305 g/mol. The van der Waals surface area contributed by atoms with E-state index in [-0.39, 0.29) is 5.91 Å². The van der Waals surface area contributed by atoms with Gasteiger partial charge >= 0.3 is 0 Å². The van der Waals surface area contributed by atoms with Crippen molar-refractivity contribution in [3.05, 3.63) is 41.6 Å². The summed E-state index contributed by atoms with van der Waals surface area (Å²) in [4.78, 5) is 12.1. The average molecular weight is 305 g/mol. The zero-order valence-electron chi connectivity index (χ0n) is 12.2. The van der Waals surface area contributed by atoms with Crippen LogP contribution in [-0.4, -0.2) is 30.5 Å². The standard InChI is InChI=1S/C15H19N3O2S/c1-11-13(15(16-2)21-18-11)14(19)17-9-6-10-20-12-7-4-3-5-8-12/h3-5,7-8,16H,6,9-10H2,1-2H3,(H,17,19). The van der Waals surface area contributed by atoms with Crippen molar-refractivity contribution < 1.29 is 9.53 Å². The molecule has 112 valence electrons. The maximum Gasteiger partial charge on any atom is 0.256 e. The van der Waals surface area contributed by atoms with Crippen LogP contribution in [0.2, 0.25) is 0 Å². The number of hydrogen-bond donors (Lipinski definition) is 2. The van der Waals surface area contributed by atoms with Gasteiger partial charge in [-0.2, -0.15) is 4.37 Å². The summed E-state index contributed by atoms with van der Waals surface area (Å²) in [5.74, 6) is 0.754. The van der Waals surface area contributed by atoms with Crippen LogP contribution in [0.15, 0.2) is 30.3 Å². The molecular weight excluding hydrogens is 286 g/mol. The molecule has 0 aliphatic carbocycles. The normalized spacial score (nSPS) is 10.2. The molecule has 1 aromatic heterocycles. The molecule has 1 heterocycles. The molecule has 5 nitrogen and oxygen atoms in total. The van der Waals surface area contributed by atoms with Gasteiger partial charge in [-0.1, -0.05) is 18.2 Å². The van der Waals surface area contributed by atoms with E-state index in [4.69, 9.17) is 4.74 Å². The molecule has 0 fully saturated rings. The van der Waals surface area contributed by atoms with E-state index in [1.165, 1.54) is 11.5 Å². The second kappa shape index (κ2) is 7.64. The molecular formula is C15H19N3O2S. The van der Waals surface area contributed by atoms with E-state index in [0.29, 0.717) is 18.7 Å². The first-order valence-corrected chi connectivity index (χ1v) is 7.59. The number of amides is 1. The molecule has 0 bridgehead atoms. The minimum absolute atomic E-state index is 0.0923. The lowest BCUT2D eigenvalue weighted by atomic mass is 10.2. The van der Waals surface area contributed by atoms with E-state index in [1.807, 2.05) is 37.3 Å². The minimum atomic E-state index is -0.0923. The molecule has 0 unspecified atom stereocenters. The van der Waals surface area contributed by atoms with Crippen molar-refractivity contribution in [1.82, 2.24) is 9.69 Å². The maximum absolute atomic E-state index is 12.1. The van der Waals surface area contributed by atoms with Crippen LogP contribution in [0.5, 0.6) is 5.75 Å². The Labute approximate surface area is 128 Å². The lowest BCUT2D eigenvalue weighted by molar-refractivity contribution is 0.0952. The molecule has 0 saturated heterocycles. The Morgan fingerprint density at radius 2 is 2.10 bits per heavy atom. The summed E-state index contributed by atoms with van der Waals surface area (Å²) in [6.07, 6.45) is 0.756. The van der Waals surface area contributed by atoms with E-state index < -0.39 is 0 Å². The van der Waals surface area contributed by atoms with E-state index in [0.717, 1.165) is 22.9 Å². The summed E-state index contributed by atoms with van der Waals surface area (Å²) in [7, 11) is 1.79. The second-order valence-electron chi connectivity index (χ2n) is 4.49. The molecule has 2 aromatic rings. The number of hydrogen-bond acceptors (Lipinski definition) is 5. The zero-order chi connectivity index (χ0) is 15.1. The number of anilines is 1.